The zero-order valence-corrected chi connectivity index (χ0v) is 21.0. The van der Waals surface area contributed by atoms with Gasteiger partial charge in [0.05, 0.1) is 11.1 Å². The smallest absolute Gasteiger partial charge is 0.216 e. The molecule has 4 aromatic carbocycles. The van der Waals surface area contributed by atoms with Gasteiger partial charge in [0.25, 0.3) is 0 Å². The summed E-state index contributed by atoms with van der Waals surface area (Å²) in [7, 11) is 2.04. The van der Waals surface area contributed by atoms with Crippen molar-refractivity contribution in [3.05, 3.63) is 125 Å². The summed E-state index contributed by atoms with van der Waals surface area (Å²) in [6.45, 7) is 2.10. The van der Waals surface area contributed by atoms with E-state index in [0.717, 1.165) is 51.6 Å². The largest absolute Gasteiger partial charge is 0.454 e. The van der Waals surface area contributed by atoms with Gasteiger partial charge in [0, 0.05) is 28.8 Å². The molecule has 0 fully saturated rings. The first-order chi connectivity index (χ1) is 18.1. The molecular formula is C34H27FNO+. The summed E-state index contributed by atoms with van der Waals surface area (Å²) >= 11 is 0. The zero-order chi connectivity index (χ0) is 25.1. The van der Waals surface area contributed by atoms with Crippen molar-refractivity contribution in [2.45, 2.75) is 25.7 Å². The highest BCUT2D eigenvalue weighted by atomic mass is 19.1. The second-order valence-electron chi connectivity index (χ2n) is 10.1. The van der Waals surface area contributed by atoms with Crippen molar-refractivity contribution in [1.29, 1.82) is 0 Å². The summed E-state index contributed by atoms with van der Waals surface area (Å²) in [6, 6.07) is 30.9. The maximum atomic E-state index is 15.5. The summed E-state index contributed by atoms with van der Waals surface area (Å²) in [5, 5.41) is 1.94. The lowest BCUT2D eigenvalue weighted by Crippen LogP contribution is -2.30. The normalized spacial score (nSPS) is 14.9. The number of benzene rings is 4. The molecular weight excluding hydrogens is 457 g/mol. The monoisotopic (exact) mass is 484 g/mol. The Labute approximate surface area is 215 Å². The quantitative estimate of drug-likeness (QED) is 0.231. The van der Waals surface area contributed by atoms with Gasteiger partial charge in [0.15, 0.2) is 6.20 Å². The number of hydrogen-bond donors (Lipinski definition) is 0. The molecule has 0 radical (unpaired) electrons. The van der Waals surface area contributed by atoms with Crippen LogP contribution >= 0.6 is 0 Å². The Kier molecular flexibility index (Phi) is 5.00. The first-order valence-electron chi connectivity index (χ1n) is 12.9. The van der Waals surface area contributed by atoms with E-state index in [-0.39, 0.29) is 5.82 Å². The molecule has 37 heavy (non-hydrogen) atoms. The van der Waals surface area contributed by atoms with Crippen molar-refractivity contribution < 1.29 is 13.4 Å². The van der Waals surface area contributed by atoms with Crippen LogP contribution in [0.5, 0.6) is 0 Å². The fraction of sp³-hybridized carbons (Fsp3) is 0.147. The van der Waals surface area contributed by atoms with Crippen LogP contribution in [0, 0.1) is 12.7 Å². The molecule has 1 aliphatic rings. The van der Waals surface area contributed by atoms with Crippen LogP contribution in [-0.4, -0.2) is 0 Å². The predicted molar refractivity (Wildman–Crippen MR) is 147 cm³/mol. The molecule has 0 aliphatic heterocycles. The lowest BCUT2D eigenvalue weighted by atomic mass is 9.91. The van der Waals surface area contributed by atoms with E-state index in [1.54, 1.807) is 6.07 Å². The third kappa shape index (κ3) is 3.41. The average molecular weight is 485 g/mol. The Morgan fingerprint density at radius 2 is 1.57 bits per heavy atom. The Morgan fingerprint density at radius 3 is 2.38 bits per heavy atom. The van der Waals surface area contributed by atoms with Crippen molar-refractivity contribution in [3.8, 4) is 22.4 Å². The number of aryl methyl sites for hydroxylation is 3. The molecule has 1 aliphatic carbocycles. The third-order valence-electron chi connectivity index (χ3n) is 7.99. The van der Waals surface area contributed by atoms with E-state index in [4.69, 9.17) is 4.42 Å². The summed E-state index contributed by atoms with van der Waals surface area (Å²) < 4.78 is 24.2. The number of pyridine rings is 1. The topological polar surface area (TPSA) is 17.0 Å². The van der Waals surface area contributed by atoms with Gasteiger partial charge in [-0.25, -0.2) is 8.96 Å². The van der Waals surface area contributed by atoms with E-state index in [2.05, 4.69) is 78.2 Å². The molecule has 3 heteroatoms. The Morgan fingerprint density at radius 1 is 0.811 bits per heavy atom. The first kappa shape index (κ1) is 22.0. The van der Waals surface area contributed by atoms with E-state index >= 15 is 4.39 Å². The third-order valence-corrected chi connectivity index (χ3v) is 7.99. The second kappa shape index (κ2) is 8.41. The molecule has 0 saturated heterocycles. The molecule has 2 heterocycles. The second-order valence-corrected chi connectivity index (χ2v) is 10.1. The van der Waals surface area contributed by atoms with Crippen LogP contribution in [0.25, 0.3) is 44.3 Å². The first-order valence-corrected chi connectivity index (χ1v) is 12.9. The Bertz CT molecular complexity index is 1820. The van der Waals surface area contributed by atoms with Gasteiger partial charge in [0.2, 0.25) is 5.69 Å². The van der Waals surface area contributed by atoms with Gasteiger partial charge in [-0.2, -0.15) is 0 Å². The van der Waals surface area contributed by atoms with E-state index in [1.165, 1.54) is 16.7 Å². The minimum atomic E-state index is -0.257. The van der Waals surface area contributed by atoms with Crippen LogP contribution in [0.1, 0.15) is 34.6 Å². The van der Waals surface area contributed by atoms with Gasteiger partial charge in [-0.1, -0.05) is 60.7 Å². The molecule has 0 saturated carbocycles. The lowest BCUT2D eigenvalue weighted by molar-refractivity contribution is -0.660. The van der Waals surface area contributed by atoms with E-state index in [9.17, 15) is 0 Å². The molecule has 0 bridgehead atoms. The number of fused-ring (bicyclic) bond motifs is 4. The molecule has 1 atom stereocenters. The Hall–Kier alpha value is -4.24. The minimum Gasteiger partial charge on any atom is -0.454 e. The van der Waals surface area contributed by atoms with Gasteiger partial charge >= 0.3 is 0 Å². The van der Waals surface area contributed by atoms with Gasteiger partial charge in [-0.05, 0) is 65.8 Å². The number of halogens is 1. The highest BCUT2D eigenvalue weighted by Crippen LogP contribution is 2.44. The van der Waals surface area contributed by atoms with Crippen LogP contribution in [0.3, 0.4) is 0 Å². The number of furan rings is 1. The predicted octanol–water partition coefficient (Wildman–Crippen LogP) is 8.27. The van der Waals surface area contributed by atoms with Crippen molar-refractivity contribution in [3.63, 3.8) is 0 Å². The van der Waals surface area contributed by atoms with Crippen molar-refractivity contribution in [1.82, 2.24) is 0 Å². The summed E-state index contributed by atoms with van der Waals surface area (Å²) in [5.74, 6) is 0.141. The van der Waals surface area contributed by atoms with Gasteiger partial charge in [-0.3, -0.25) is 0 Å². The molecule has 2 aromatic heterocycles. The highest BCUT2D eigenvalue weighted by molar-refractivity contribution is 6.13. The summed E-state index contributed by atoms with van der Waals surface area (Å²) in [5.41, 5.74) is 10.1. The standard InChI is InChI=1S/C34H27FNO/c1-21-11-14-27-28-17-18-29(35)32(34(28)37-33(27)31(21)30-10-6-7-19-36(30)2)24-13-16-26-23(20-24)12-15-25(26)22-8-4-3-5-9-22/h3-11,13-14,16-20,25H,12,15H2,1-2H3/q+1. The number of nitrogens with zero attached hydrogens (tertiary/aromatic N) is 1. The van der Waals surface area contributed by atoms with Crippen LogP contribution in [-0.2, 0) is 13.5 Å². The lowest BCUT2D eigenvalue weighted by Gasteiger charge is -2.13. The molecule has 7 rings (SSSR count). The average Bonchev–Trinajstić information content (AvgIpc) is 3.51. The van der Waals surface area contributed by atoms with Crippen molar-refractivity contribution in [2.24, 2.45) is 7.05 Å². The molecule has 2 nitrogen and oxygen atoms in total. The molecule has 0 spiro atoms. The van der Waals surface area contributed by atoms with Crippen molar-refractivity contribution in [2.75, 3.05) is 0 Å². The highest BCUT2D eigenvalue weighted by Gasteiger charge is 2.26. The van der Waals surface area contributed by atoms with Crippen LogP contribution < -0.4 is 4.57 Å². The maximum absolute atomic E-state index is 15.5. The number of rotatable bonds is 3. The van der Waals surface area contributed by atoms with Crippen LogP contribution in [0.15, 0.2) is 102 Å². The number of hydrogen-bond acceptors (Lipinski definition) is 1. The molecule has 0 amide bonds. The van der Waals surface area contributed by atoms with E-state index < -0.39 is 0 Å². The van der Waals surface area contributed by atoms with Gasteiger partial charge in [-0.15, -0.1) is 0 Å². The van der Waals surface area contributed by atoms with Gasteiger partial charge < -0.3 is 4.42 Å². The van der Waals surface area contributed by atoms with E-state index in [1.807, 2.05) is 31.4 Å². The maximum Gasteiger partial charge on any atom is 0.216 e. The molecule has 180 valence electrons. The van der Waals surface area contributed by atoms with E-state index in [0.29, 0.717) is 17.1 Å². The van der Waals surface area contributed by atoms with Crippen molar-refractivity contribution >= 4 is 21.9 Å². The summed E-state index contributed by atoms with van der Waals surface area (Å²) in [6.07, 6.45) is 4.11. The van der Waals surface area contributed by atoms with Gasteiger partial charge in [0.1, 0.15) is 24.0 Å². The SMILES string of the molecule is Cc1ccc2c(oc3c(-c4ccc5c(c4)CCC5c4ccccc4)c(F)ccc32)c1-c1cccc[n+]1C. The Balaban J connectivity index is 1.43. The van der Waals surface area contributed by atoms with Crippen LogP contribution in [0.4, 0.5) is 4.39 Å². The minimum absolute atomic E-state index is 0.257. The van der Waals surface area contributed by atoms with Crippen LogP contribution in [0.2, 0.25) is 0 Å². The number of aromatic nitrogens is 1. The molecule has 1 unspecified atom stereocenters. The molecule has 0 N–H and O–H groups in total. The summed E-state index contributed by atoms with van der Waals surface area (Å²) in [4.78, 5) is 0. The fourth-order valence-electron chi connectivity index (χ4n) is 6.15. The fourth-order valence-corrected chi connectivity index (χ4v) is 6.15. The molecule has 6 aromatic rings. The zero-order valence-electron chi connectivity index (χ0n) is 21.0.